The standard InChI is InChI=1S/C9H13BrN2O3/c1-5-6(7(10)12-15-5)11-8(13)14-9(2,3)4/h1-4H3,(H,11,13). The number of carbonyl (C=O) groups is 1. The third kappa shape index (κ3) is 3.54. The number of aryl methyl sites for hydroxylation is 1. The number of hydrogen-bond acceptors (Lipinski definition) is 4. The fraction of sp³-hybridized carbons (Fsp3) is 0.556. The molecule has 5 nitrogen and oxygen atoms in total. The van der Waals surface area contributed by atoms with Crippen molar-refractivity contribution in [2.24, 2.45) is 0 Å². The molecular weight excluding hydrogens is 264 g/mol. The van der Waals surface area contributed by atoms with Crippen molar-refractivity contribution in [1.29, 1.82) is 0 Å². The number of amides is 1. The molecule has 0 unspecified atom stereocenters. The van der Waals surface area contributed by atoms with Gasteiger partial charge in [-0.25, -0.2) is 4.79 Å². The van der Waals surface area contributed by atoms with E-state index in [2.05, 4.69) is 26.4 Å². The number of nitrogens with zero attached hydrogens (tertiary/aromatic N) is 1. The zero-order valence-electron chi connectivity index (χ0n) is 9.05. The quantitative estimate of drug-likeness (QED) is 0.856. The van der Waals surface area contributed by atoms with Crippen molar-refractivity contribution < 1.29 is 14.1 Å². The average Bonchev–Trinajstić information content (AvgIpc) is 2.32. The van der Waals surface area contributed by atoms with Gasteiger partial charge in [-0.1, -0.05) is 5.16 Å². The predicted molar refractivity (Wildman–Crippen MR) is 58.8 cm³/mol. The number of ether oxygens (including phenoxy) is 1. The van der Waals surface area contributed by atoms with Crippen molar-refractivity contribution in [2.75, 3.05) is 5.32 Å². The molecule has 0 radical (unpaired) electrons. The van der Waals surface area contributed by atoms with Crippen LogP contribution in [0.15, 0.2) is 9.13 Å². The van der Waals surface area contributed by atoms with Gasteiger partial charge in [0.2, 0.25) is 0 Å². The first kappa shape index (κ1) is 12.0. The fourth-order valence-electron chi connectivity index (χ4n) is 0.890. The lowest BCUT2D eigenvalue weighted by Gasteiger charge is -2.19. The Morgan fingerprint density at radius 2 is 2.13 bits per heavy atom. The van der Waals surface area contributed by atoms with Crippen molar-refractivity contribution in [3.05, 3.63) is 10.4 Å². The molecule has 1 aromatic rings. The minimum Gasteiger partial charge on any atom is -0.444 e. The second-order valence-electron chi connectivity index (χ2n) is 4.03. The van der Waals surface area contributed by atoms with E-state index in [1.165, 1.54) is 0 Å². The van der Waals surface area contributed by atoms with Crippen molar-refractivity contribution in [2.45, 2.75) is 33.3 Å². The molecule has 0 atom stereocenters. The maximum Gasteiger partial charge on any atom is 0.412 e. The van der Waals surface area contributed by atoms with Crippen LogP contribution < -0.4 is 5.32 Å². The third-order valence-electron chi connectivity index (χ3n) is 1.45. The van der Waals surface area contributed by atoms with Crippen LogP contribution in [0, 0.1) is 6.92 Å². The average molecular weight is 277 g/mol. The highest BCUT2D eigenvalue weighted by Gasteiger charge is 2.19. The maximum absolute atomic E-state index is 11.4. The minimum atomic E-state index is -0.533. The third-order valence-corrected chi connectivity index (χ3v) is 1.99. The molecule has 1 aromatic heterocycles. The normalized spacial score (nSPS) is 11.3. The molecule has 1 rings (SSSR count). The molecule has 0 saturated heterocycles. The van der Waals surface area contributed by atoms with E-state index in [1.807, 2.05) is 0 Å². The van der Waals surface area contributed by atoms with Crippen molar-refractivity contribution >= 4 is 27.7 Å². The molecule has 0 aliphatic heterocycles. The van der Waals surface area contributed by atoms with Crippen LogP contribution >= 0.6 is 15.9 Å². The number of halogens is 1. The lowest BCUT2D eigenvalue weighted by molar-refractivity contribution is 0.0635. The van der Waals surface area contributed by atoms with Gasteiger partial charge >= 0.3 is 6.09 Å². The monoisotopic (exact) mass is 276 g/mol. The first-order valence-corrected chi connectivity index (χ1v) is 5.20. The summed E-state index contributed by atoms with van der Waals surface area (Å²) >= 11 is 3.15. The number of nitrogens with one attached hydrogen (secondary N) is 1. The van der Waals surface area contributed by atoms with Gasteiger partial charge in [-0.05, 0) is 43.6 Å². The Balaban J connectivity index is 2.67. The van der Waals surface area contributed by atoms with Crippen LogP contribution in [0.25, 0.3) is 0 Å². The molecule has 0 fully saturated rings. The molecule has 0 saturated carbocycles. The van der Waals surface area contributed by atoms with Gasteiger partial charge in [0.25, 0.3) is 0 Å². The van der Waals surface area contributed by atoms with Crippen molar-refractivity contribution in [1.82, 2.24) is 5.16 Å². The molecule has 15 heavy (non-hydrogen) atoms. The summed E-state index contributed by atoms with van der Waals surface area (Å²) in [5.74, 6) is 0.521. The first-order valence-electron chi connectivity index (χ1n) is 4.41. The number of aromatic nitrogens is 1. The summed E-state index contributed by atoms with van der Waals surface area (Å²) in [5.41, 5.74) is -0.0361. The van der Waals surface area contributed by atoms with Gasteiger partial charge in [0, 0.05) is 0 Å². The van der Waals surface area contributed by atoms with Gasteiger partial charge in [-0.2, -0.15) is 0 Å². The van der Waals surface area contributed by atoms with Crippen LogP contribution in [-0.4, -0.2) is 16.9 Å². The Bertz CT molecular complexity index is 348. The van der Waals surface area contributed by atoms with Gasteiger partial charge in [0.05, 0.1) is 0 Å². The second kappa shape index (κ2) is 4.22. The molecule has 0 aliphatic carbocycles. The van der Waals surface area contributed by atoms with E-state index >= 15 is 0 Å². The van der Waals surface area contributed by atoms with Gasteiger partial charge < -0.3 is 9.26 Å². The van der Waals surface area contributed by atoms with Crippen LogP contribution in [0.3, 0.4) is 0 Å². The van der Waals surface area contributed by atoms with E-state index in [9.17, 15) is 4.79 Å². The molecule has 1 amide bonds. The summed E-state index contributed by atoms with van der Waals surface area (Å²) in [6, 6.07) is 0. The SMILES string of the molecule is Cc1onc(Br)c1NC(=O)OC(C)(C)C. The van der Waals surface area contributed by atoms with E-state index in [4.69, 9.17) is 9.26 Å². The molecule has 0 spiro atoms. The Morgan fingerprint density at radius 3 is 2.53 bits per heavy atom. The van der Waals surface area contributed by atoms with Crippen LogP contribution in [0.2, 0.25) is 0 Å². The Kier molecular flexibility index (Phi) is 3.38. The van der Waals surface area contributed by atoms with E-state index < -0.39 is 11.7 Å². The highest BCUT2D eigenvalue weighted by atomic mass is 79.9. The Morgan fingerprint density at radius 1 is 1.53 bits per heavy atom. The lowest BCUT2D eigenvalue weighted by atomic mass is 10.2. The van der Waals surface area contributed by atoms with Crippen LogP contribution in [-0.2, 0) is 4.74 Å². The first-order chi connectivity index (χ1) is 6.79. The molecule has 0 bridgehead atoms. The van der Waals surface area contributed by atoms with Crippen LogP contribution in [0.1, 0.15) is 26.5 Å². The van der Waals surface area contributed by atoms with Crippen molar-refractivity contribution in [3.63, 3.8) is 0 Å². The molecule has 0 aromatic carbocycles. The molecule has 1 N–H and O–H groups in total. The van der Waals surface area contributed by atoms with Gasteiger partial charge in [0.1, 0.15) is 11.3 Å². The van der Waals surface area contributed by atoms with Gasteiger partial charge in [-0.3, -0.25) is 5.32 Å². The van der Waals surface area contributed by atoms with E-state index in [-0.39, 0.29) is 0 Å². The fourth-order valence-corrected chi connectivity index (χ4v) is 1.34. The molecule has 84 valence electrons. The van der Waals surface area contributed by atoms with E-state index in [1.54, 1.807) is 27.7 Å². The number of hydrogen-bond donors (Lipinski definition) is 1. The van der Waals surface area contributed by atoms with Crippen LogP contribution in [0.5, 0.6) is 0 Å². The number of rotatable bonds is 1. The minimum absolute atomic E-state index is 0.450. The van der Waals surface area contributed by atoms with Crippen molar-refractivity contribution in [3.8, 4) is 0 Å². The summed E-state index contributed by atoms with van der Waals surface area (Å²) in [6.07, 6.45) is -0.533. The second-order valence-corrected chi connectivity index (χ2v) is 4.78. The molecule has 1 heterocycles. The predicted octanol–water partition coefficient (Wildman–Crippen LogP) is 3.09. The summed E-state index contributed by atoms with van der Waals surface area (Å²) < 4.78 is 10.4. The highest BCUT2D eigenvalue weighted by Crippen LogP contribution is 2.25. The largest absolute Gasteiger partial charge is 0.444 e. The van der Waals surface area contributed by atoms with Crippen LogP contribution in [0.4, 0.5) is 10.5 Å². The lowest BCUT2D eigenvalue weighted by Crippen LogP contribution is -2.27. The maximum atomic E-state index is 11.4. The van der Waals surface area contributed by atoms with E-state index in [0.29, 0.717) is 16.1 Å². The zero-order chi connectivity index (χ0) is 11.6. The molecular formula is C9H13BrN2O3. The van der Waals surface area contributed by atoms with Gasteiger partial charge in [-0.15, -0.1) is 0 Å². The molecule has 6 heteroatoms. The topological polar surface area (TPSA) is 64.4 Å². The van der Waals surface area contributed by atoms with Gasteiger partial charge in [0.15, 0.2) is 10.4 Å². The molecule has 0 aliphatic rings. The highest BCUT2D eigenvalue weighted by molar-refractivity contribution is 9.10. The number of anilines is 1. The van der Waals surface area contributed by atoms with E-state index in [0.717, 1.165) is 0 Å². The summed E-state index contributed by atoms with van der Waals surface area (Å²) in [6.45, 7) is 7.08. The zero-order valence-corrected chi connectivity index (χ0v) is 10.6. The number of carbonyl (C=O) groups excluding carboxylic acids is 1. The summed E-state index contributed by atoms with van der Waals surface area (Å²) in [7, 11) is 0. The Labute approximate surface area is 96.3 Å². The summed E-state index contributed by atoms with van der Waals surface area (Å²) in [4.78, 5) is 11.4. The summed E-state index contributed by atoms with van der Waals surface area (Å²) in [5, 5.41) is 6.19. The smallest absolute Gasteiger partial charge is 0.412 e. The Hall–Kier alpha value is -1.04.